The maximum Gasteiger partial charge on any atom is 0.219 e. The maximum absolute atomic E-state index is 11.3. The van der Waals surface area contributed by atoms with Gasteiger partial charge in [0.2, 0.25) is 5.91 Å². The minimum absolute atomic E-state index is 0.133. The zero-order valence-electron chi connectivity index (χ0n) is 11.3. The lowest BCUT2D eigenvalue weighted by molar-refractivity contribution is -0.129. The van der Waals surface area contributed by atoms with Crippen LogP contribution in [0.25, 0.3) is 10.8 Å². The fraction of sp³-hybridized carbons (Fsp3) is 0.333. The van der Waals surface area contributed by atoms with E-state index >= 15 is 0 Å². The lowest BCUT2D eigenvalue weighted by Crippen LogP contribution is -2.48. The minimum Gasteiger partial charge on any atom is -0.353 e. The van der Waals surface area contributed by atoms with Crippen LogP contribution in [0, 0.1) is 0 Å². The number of rotatable bonds is 1. The molecular formula is C15H16ClN3O. The molecule has 1 aliphatic heterocycles. The van der Waals surface area contributed by atoms with Crippen molar-refractivity contribution in [1.29, 1.82) is 0 Å². The summed E-state index contributed by atoms with van der Waals surface area (Å²) in [5.74, 6) is 1.02. The fourth-order valence-electron chi connectivity index (χ4n) is 2.56. The second-order valence-corrected chi connectivity index (χ2v) is 5.34. The number of hydrogen-bond donors (Lipinski definition) is 0. The predicted octanol–water partition coefficient (Wildman–Crippen LogP) is 2.56. The molecule has 0 bridgehead atoms. The largest absolute Gasteiger partial charge is 0.353 e. The van der Waals surface area contributed by atoms with Gasteiger partial charge >= 0.3 is 0 Å². The predicted molar refractivity (Wildman–Crippen MR) is 81.2 cm³/mol. The first-order chi connectivity index (χ1) is 9.65. The second kappa shape index (κ2) is 5.29. The number of benzene rings is 1. The Labute approximate surface area is 123 Å². The molecule has 0 saturated carbocycles. The van der Waals surface area contributed by atoms with Crippen molar-refractivity contribution in [3.8, 4) is 0 Å². The molecule has 4 nitrogen and oxygen atoms in total. The Balaban J connectivity index is 1.86. The third kappa shape index (κ3) is 2.43. The van der Waals surface area contributed by atoms with Gasteiger partial charge in [0, 0.05) is 38.5 Å². The van der Waals surface area contributed by atoms with Crippen LogP contribution in [-0.4, -0.2) is 42.0 Å². The van der Waals surface area contributed by atoms with Crippen molar-refractivity contribution in [3.63, 3.8) is 0 Å². The number of nitrogens with zero attached hydrogens (tertiary/aromatic N) is 3. The molecule has 3 rings (SSSR count). The Hall–Kier alpha value is -1.81. The van der Waals surface area contributed by atoms with Crippen LogP contribution in [0.2, 0.25) is 5.15 Å². The molecule has 20 heavy (non-hydrogen) atoms. The molecule has 2 aromatic rings. The molecule has 2 heterocycles. The number of anilines is 1. The number of halogens is 1. The van der Waals surface area contributed by atoms with Gasteiger partial charge in [-0.25, -0.2) is 4.98 Å². The van der Waals surface area contributed by atoms with Crippen LogP contribution in [0.1, 0.15) is 6.92 Å². The Morgan fingerprint density at radius 3 is 2.60 bits per heavy atom. The van der Waals surface area contributed by atoms with E-state index in [0.29, 0.717) is 5.15 Å². The fourth-order valence-corrected chi connectivity index (χ4v) is 2.81. The van der Waals surface area contributed by atoms with Gasteiger partial charge in [0.15, 0.2) is 0 Å². The molecule has 1 amide bonds. The summed E-state index contributed by atoms with van der Waals surface area (Å²) in [6.07, 6.45) is 0. The number of piperazine rings is 1. The van der Waals surface area contributed by atoms with Crippen molar-refractivity contribution in [1.82, 2.24) is 9.88 Å². The maximum atomic E-state index is 11.3. The Morgan fingerprint density at radius 1 is 1.20 bits per heavy atom. The molecule has 0 aliphatic carbocycles. The average Bonchev–Trinajstić information content (AvgIpc) is 2.47. The lowest BCUT2D eigenvalue weighted by Gasteiger charge is -2.35. The summed E-state index contributed by atoms with van der Waals surface area (Å²) in [5.41, 5.74) is 0. The molecule has 1 aliphatic rings. The quantitative estimate of drug-likeness (QED) is 0.757. The van der Waals surface area contributed by atoms with Gasteiger partial charge in [0.05, 0.1) is 0 Å². The first kappa shape index (κ1) is 13.2. The van der Waals surface area contributed by atoms with E-state index in [4.69, 9.17) is 11.6 Å². The van der Waals surface area contributed by atoms with Gasteiger partial charge in [-0.3, -0.25) is 4.79 Å². The van der Waals surface area contributed by atoms with Gasteiger partial charge in [-0.2, -0.15) is 0 Å². The van der Waals surface area contributed by atoms with Gasteiger partial charge in [0.1, 0.15) is 11.0 Å². The summed E-state index contributed by atoms with van der Waals surface area (Å²) in [4.78, 5) is 19.9. The number of aromatic nitrogens is 1. The van der Waals surface area contributed by atoms with E-state index in [1.165, 1.54) is 0 Å². The summed E-state index contributed by atoms with van der Waals surface area (Å²) in [5, 5.41) is 2.60. The van der Waals surface area contributed by atoms with Crippen molar-refractivity contribution in [2.24, 2.45) is 0 Å². The van der Waals surface area contributed by atoms with E-state index in [0.717, 1.165) is 42.8 Å². The molecule has 1 fully saturated rings. The zero-order valence-corrected chi connectivity index (χ0v) is 12.1. The van der Waals surface area contributed by atoms with Crippen LogP contribution in [0.4, 0.5) is 5.82 Å². The van der Waals surface area contributed by atoms with E-state index < -0.39 is 0 Å². The minimum atomic E-state index is 0.133. The molecule has 0 N–H and O–H groups in total. The van der Waals surface area contributed by atoms with Crippen molar-refractivity contribution < 1.29 is 4.79 Å². The monoisotopic (exact) mass is 289 g/mol. The number of fused-ring (bicyclic) bond motifs is 1. The molecule has 104 valence electrons. The van der Waals surface area contributed by atoms with E-state index in [-0.39, 0.29) is 5.91 Å². The standard InChI is InChI=1S/C15H16ClN3O/c1-11(20)18-6-8-19(9-7-18)14-10-12-4-2-3-5-13(12)15(16)17-14/h2-5,10H,6-9H2,1H3. The normalized spacial score (nSPS) is 15.7. The summed E-state index contributed by atoms with van der Waals surface area (Å²) >= 11 is 6.26. The first-order valence-corrected chi connectivity index (χ1v) is 7.09. The Bertz CT molecular complexity index is 651. The SMILES string of the molecule is CC(=O)N1CCN(c2cc3ccccc3c(Cl)n2)CC1. The highest BCUT2D eigenvalue weighted by molar-refractivity contribution is 6.34. The highest BCUT2D eigenvalue weighted by atomic mass is 35.5. The van der Waals surface area contributed by atoms with E-state index in [1.54, 1.807) is 6.92 Å². The molecule has 1 aromatic heterocycles. The van der Waals surface area contributed by atoms with Gasteiger partial charge in [-0.15, -0.1) is 0 Å². The van der Waals surface area contributed by atoms with E-state index in [2.05, 4.69) is 16.0 Å². The molecule has 1 aromatic carbocycles. The van der Waals surface area contributed by atoms with Crippen LogP contribution in [0.3, 0.4) is 0 Å². The summed E-state index contributed by atoms with van der Waals surface area (Å²) in [7, 11) is 0. The number of pyridine rings is 1. The molecule has 0 radical (unpaired) electrons. The molecule has 0 unspecified atom stereocenters. The molecule has 0 atom stereocenters. The van der Waals surface area contributed by atoms with Gasteiger partial charge in [0.25, 0.3) is 0 Å². The third-order valence-corrected chi connectivity index (χ3v) is 4.02. The van der Waals surface area contributed by atoms with Crippen LogP contribution >= 0.6 is 11.6 Å². The van der Waals surface area contributed by atoms with E-state index in [9.17, 15) is 4.79 Å². The summed E-state index contributed by atoms with van der Waals surface area (Å²) < 4.78 is 0. The molecular weight excluding hydrogens is 274 g/mol. The number of carbonyl (C=O) groups is 1. The number of amides is 1. The Morgan fingerprint density at radius 2 is 1.90 bits per heavy atom. The van der Waals surface area contributed by atoms with Crippen molar-refractivity contribution >= 4 is 34.1 Å². The average molecular weight is 290 g/mol. The van der Waals surface area contributed by atoms with Crippen LogP contribution < -0.4 is 4.90 Å². The summed E-state index contributed by atoms with van der Waals surface area (Å²) in [6.45, 7) is 4.67. The van der Waals surface area contributed by atoms with Gasteiger partial charge in [-0.1, -0.05) is 35.9 Å². The topological polar surface area (TPSA) is 36.4 Å². The second-order valence-electron chi connectivity index (χ2n) is 4.99. The van der Waals surface area contributed by atoms with Crippen molar-refractivity contribution in [2.75, 3.05) is 31.1 Å². The summed E-state index contributed by atoms with van der Waals surface area (Å²) in [6, 6.07) is 10.0. The number of hydrogen-bond acceptors (Lipinski definition) is 3. The van der Waals surface area contributed by atoms with Crippen molar-refractivity contribution in [3.05, 3.63) is 35.5 Å². The van der Waals surface area contributed by atoms with E-state index in [1.807, 2.05) is 29.2 Å². The highest BCUT2D eigenvalue weighted by Crippen LogP contribution is 2.26. The third-order valence-electron chi connectivity index (χ3n) is 3.73. The van der Waals surface area contributed by atoms with Crippen molar-refractivity contribution in [2.45, 2.75) is 6.92 Å². The van der Waals surface area contributed by atoms with Gasteiger partial charge < -0.3 is 9.80 Å². The molecule has 5 heteroatoms. The molecule has 1 saturated heterocycles. The van der Waals surface area contributed by atoms with Crippen LogP contribution in [0.5, 0.6) is 0 Å². The first-order valence-electron chi connectivity index (χ1n) is 6.71. The number of carbonyl (C=O) groups excluding carboxylic acids is 1. The van der Waals surface area contributed by atoms with Gasteiger partial charge in [-0.05, 0) is 11.5 Å². The smallest absolute Gasteiger partial charge is 0.219 e. The highest BCUT2D eigenvalue weighted by Gasteiger charge is 2.20. The lowest BCUT2D eigenvalue weighted by atomic mass is 10.1. The van der Waals surface area contributed by atoms with Crippen LogP contribution in [-0.2, 0) is 4.79 Å². The van der Waals surface area contributed by atoms with Crippen LogP contribution in [0.15, 0.2) is 30.3 Å². The molecule has 0 spiro atoms. The zero-order chi connectivity index (χ0) is 14.1. The Kier molecular flexibility index (Phi) is 3.49.